The van der Waals surface area contributed by atoms with Crippen LogP contribution in [0.5, 0.6) is 17.4 Å². The molecule has 0 saturated heterocycles. The van der Waals surface area contributed by atoms with E-state index in [-0.39, 0.29) is 6.10 Å². The van der Waals surface area contributed by atoms with Gasteiger partial charge in [-0.05, 0) is 26.0 Å². The zero-order valence-electron chi connectivity index (χ0n) is 12.6. The van der Waals surface area contributed by atoms with Crippen LogP contribution < -0.4 is 14.2 Å². The molecule has 0 saturated carbocycles. The molecule has 5 heteroatoms. The van der Waals surface area contributed by atoms with E-state index >= 15 is 0 Å². The molecule has 0 amide bonds. The predicted molar refractivity (Wildman–Crippen MR) is 79.3 cm³/mol. The number of ether oxygens (including phenoxy) is 3. The van der Waals surface area contributed by atoms with Gasteiger partial charge in [0.1, 0.15) is 23.1 Å². The van der Waals surface area contributed by atoms with Gasteiger partial charge in [-0.3, -0.25) is 0 Å². The summed E-state index contributed by atoms with van der Waals surface area (Å²) in [6.07, 6.45) is 0.235. The van der Waals surface area contributed by atoms with Gasteiger partial charge in [-0.25, -0.2) is 4.98 Å². The highest BCUT2D eigenvalue weighted by Gasteiger charge is 2.38. The number of rotatable bonds is 3. The van der Waals surface area contributed by atoms with Gasteiger partial charge in [-0.15, -0.1) is 0 Å². The first kappa shape index (κ1) is 13.9. The van der Waals surface area contributed by atoms with Crippen LogP contribution in [0, 0.1) is 0 Å². The molecule has 1 aliphatic rings. The van der Waals surface area contributed by atoms with Crippen LogP contribution in [0.15, 0.2) is 18.2 Å². The van der Waals surface area contributed by atoms with Gasteiger partial charge >= 0.3 is 0 Å². The number of hydrogen-bond acceptors (Lipinski definition) is 5. The van der Waals surface area contributed by atoms with E-state index in [9.17, 15) is 5.11 Å². The highest BCUT2D eigenvalue weighted by molar-refractivity contribution is 5.92. The molecule has 1 aromatic carbocycles. The van der Waals surface area contributed by atoms with Gasteiger partial charge < -0.3 is 19.3 Å². The van der Waals surface area contributed by atoms with Crippen LogP contribution in [0.4, 0.5) is 0 Å². The molecule has 112 valence electrons. The molecule has 1 aliphatic heterocycles. The molecule has 0 spiro atoms. The lowest BCUT2D eigenvalue weighted by atomic mass is 9.96. The molecule has 2 heterocycles. The van der Waals surface area contributed by atoms with Gasteiger partial charge in [0, 0.05) is 11.8 Å². The first-order valence-electron chi connectivity index (χ1n) is 6.88. The molecule has 0 fully saturated rings. The van der Waals surface area contributed by atoms with Crippen molar-refractivity contribution in [1.82, 2.24) is 4.98 Å². The van der Waals surface area contributed by atoms with Gasteiger partial charge in [-0.1, -0.05) is 6.07 Å². The Morgan fingerprint density at radius 1 is 1.29 bits per heavy atom. The minimum atomic E-state index is -0.942. The van der Waals surface area contributed by atoms with Crippen LogP contribution in [-0.2, 0) is 6.42 Å². The van der Waals surface area contributed by atoms with E-state index in [1.54, 1.807) is 28.1 Å². The quantitative estimate of drug-likeness (QED) is 0.939. The van der Waals surface area contributed by atoms with Gasteiger partial charge in [0.05, 0.1) is 25.4 Å². The van der Waals surface area contributed by atoms with Crippen LogP contribution in [0.25, 0.3) is 10.9 Å². The Labute approximate surface area is 123 Å². The average molecular weight is 289 g/mol. The molecule has 0 radical (unpaired) electrons. The van der Waals surface area contributed by atoms with Crippen molar-refractivity contribution in [2.45, 2.75) is 32.0 Å². The summed E-state index contributed by atoms with van der Waals surface area (Å²) < 4.78 is 16.8. The normalized spacial score (nSPS) is 17.5. The fourth-order valence-electron chi connectivity index (χ4n) is 2.68. The van der Waals surface area contributed by atoms with E-state index in [0.29, 0.717) is 23.6 Å². The van der Waals surface area contributed by atoms with Crippen molar-refractivity contribution < 1.29 is 19.3 Å². The number of benzene rings is 1. The van der Waals surface area contributed by atoms with Crippen LogP contribution in [0.3, 0.4) is 0 Å². The van der Waals surface area contributed by atoms with Crippen molar-refractivity contribution in [3.63, 3.8) is 0 Å². The van der Waals surface area contributed by atoms with Crippen LogP contribution in [0.1, 0.15) is 19.4 Å². The van der Waals surface area contributed by atoms with E-state index < -0.39 is 5.60 Å². The second-order valence-electron chi connectivity index (χ2n) is 5.75. The third-order valence-corrected chi connectivity index (χ3v) is 3.84. The molecule has 1 N–H and O–H groups in total. The summed E-state index contributed by atoms with van der Waals surface area (Å²) in [7, 11) is 3.24. The molecule has 3 rings (SSSR count). The maximum Gasteiger partial charge on any atom is 0.221 e. The Morgan fingerprint density at radius 3 is 2.67 bits per heavy atom. The first-order valence-corrected chi connectivity index (χ1v) is 6.88. The highest BCUT2D eigenvalue weighted by atomic mass is 16.5. The zero-order chi connectivity index (χ0) is 15.2. The number of hydrogen-bond donors (Lipinski definition) is 1. The fourth-order valence-corrected chi connectivity index (χ4v) is 2.68. The van der Waals surface area contributed by atoms with Crippen molar-refractivity contribution >= 4 is 10.9 Å². The number of methoxy groups -OCH3 is 2. The minimum absolute atomic E-state index is 0.336. The summed E-state index contributed by atoms with van der Waals surface area (Å²) in [6.45, 7) is 3.46. The molecule has 1 aromatic heterocycles. The molecular weight excluding hydrogens is 270 g/mol. The van der Waals surface area contributed by atoms with Gasteiger partial charge in [0.25, 0.3) is 0 Å². The minimum Gasteiger partial charge on any atom is -0.496 e. The summed E-state index contributed by atoms with van der Waals surface area (Å²) in [5.74, 6) is 1.92. The second-order valence-corrected chi connectivity index (χ2v) is 5.75. The largest absolute Gasteiger partial charge is 0.496 e. The van der Waals surface area contributed by atoms with Crippen molar-refractivity contribution in [2.75, 3.05) is 14.2 Å². The van der Waals surface area contributed by atoms with Gasteiger partial charge in [0.15, 0.2) is 0 Å². The van der Waals surface area contributed by atoms with Crippen molar-refractivity contribution in [3.05, 3.63) is 23.8 Å². The zero-order valence-corrected chi connectivity index (χ0v) is 12.6. The maximum atomic E-state index is 10.2. The highest BCUT2D eigenvalue weighted by Crippen LogP contribution is 2.43. The number of aliphatic hydroxyl groups is 1. The Balaban J connectivity index is 2.21. The number of para-hydroxylation sites is 1. The van der Waals surface area contributed by atoms with E-state index in [2.05, 4.69) is 4.98 Å². The Morgan fingerprint density at radius 2 is 2.05 bits per heavy atom. The Hall–Kier alpha value is -2.01. The number of pyridine rings is 1. The lowest BCUT2D eigenvalue weighted by Gasteiger charge is -2.24. The van der Waals surface area contributed by atoms with E-state index in [1.807, 2.05) is 18.2 Å². The van der Waals surface area contributed by atoms with Crippen molar-refractivity contribution in [3.8, 4) is 17.4 Å². The first-order chi connectivity index (χ1) is 9.95. The third-order valence-electron chi connectivity index (χ3n) is 3.84. The summed E-state index contributed by atoms with van der Waals surface area (Å²) >= 11 is 0. The molecule has 0 bridgehead atoms. The van der Waals surface area contributed by atoms with Crippen LogP contribution >= 0.6 is 0 Å². The van der Waals surface area contributed by atoms with Gasteiger partial charge in [0.2, 0.25) is 5.88 Å². The van der Waals surface area contributed by atoms with Crippen LogP contribution in [-0.4, -0.2) is 36.0 Å². The summed E-state index contributed by atoms with van der Waals surface area (Å²) in [6, 6.07) is 5.70. The number of aromatic nitrogens is 1. The maximum absolute atomic E-state index is 10.2. The summed E-state index contributed by atoms with van der Waals surface area (Å²) in [5.41, 5.74) is 0.652. The van der Waals surface area contributed by atoms with E-state index in [1.165, 1.54) is 0 Å². The number of fused-ring (bicyclic) bond motifs is 2. The summed E-state index contributed by atoms with van der Waals surface area (Å²) in [5, 5.41) is 11.1. The Kier molecular flexibility index (Phi) is 3.17. The standard InChI is InChI=1S/C16H19NO4/c1-16(2,18)12-8-10-14(20-4)9-6-5-7-11(19-3)13(9)17-15(10)21-12/h5-7,12,18H,8H2,1-4H3. The van der Waals surface area contributed by atoms with Crippen LogP contribution in [0.2, 0.25) is 0 Å². The number of nitrogens with zero attached hydrogens (tertiary/aromatic N) is 1. The average Bonchev–Trinajstić information content (AvgIpc) is 2.87. The molecule has 5 nitrogen and oxygen atoms in total. The molecule has 0 aliphatic carbocycles. The Bertz CT molecular complexity index is 691. The van der Waals surface area contributed by atoms with Crippen molar-refractivity contribution in [1.29, 1.82) is 0 Å². The molecule has 21 heavy (non-hydrogen) atoms. The lowest BCUT2D eigenvalue weighted by molar-refractivity contribution is -0.0243. The fraction of sp³-hybridized carbons (Fsp3) is 0.438. The lowest BCUT2D eigenvalue weighted by Crippen LogP contribution is -2.39. The molecule has 1 unspecified atom stereocenters. The summed E-state index contributed by atoms with van der Waals surface area (Å²) in [4.78, 5) is 4.56. The third kappa shape index (κ3) is 2.17. The smallest absolute Gasteiger partial charge is 0.221 e. The van der Waals surface area contributed by atoms with Gasteiger partial charge in [-0.2, -0.15) is 0 Å². The van der Waals surface area contributed by atoms with Crippen molar-refractivity contribution in [2.24, 2.45) is 0 Å². The monoisotopic (exact) mass is 289 g/mol. The molecule has 1 atom stereocenters. The SMILES string of the molecule is COc1c2c(nc3c(OC)cccc13)OC(C(C)(C)O)C2. The topological polar surface area (TPSA) is 60.8 Å². The predicted octanol–water partition coefficient (Wildman–Crippen LogP) is 2.33. The van der Waals surface area contributed by atoms with E-state index in [4.69, 9.17) is 14.2 Å². The molecule has 2 aromatic rings. The molecular formula is C16H19NO4. The second kappa shape index (κ2) is 4.77. The van der Waals surface area contributed by atoms with E-state index in [0.717, 1.165) is 16.7 Å².